The molecule has 1 aromatic carbocycles. The lowest BCUT2D eigenvalue weighted by molar-refractivity contribution is 0.0626. The van der Waals surface area contributed by atoms with Gasteiger partial charge in [0.25, 0.3) is 0 Å². The van der Waals surface area contributed by atoms with E-state index >= 15 is 0 Å². The molecule has 0 spiro atoms. The fraction of sp³-hybridized carbons (Fsp3) is 0.333. The fourth-order valence-corrected chi connectivity index (χ4v) is 1.40. The first-order chi connectivity index (χ1) is 6.40. The average Bonchev–Trinajstić information content (AvgIpc) is 2.14. The molecule has 1 rings (SSSR count). The largest absolute Gasteiger partial charge is 0.384 e. The molecular formula is C9H10BrF2NO. The monoisotopic (exact) mass is 265 g/mol. The van der Waals surface area contributed by atoms with E-state index in [0.717, 1.165) is 6.07 Å². The van der Waals surface area contributed by atoms with Gasteiger partial charge in [0.05, 0.1) is 4.47 Å². The Hall–Kier alpha value is -0.520. The van der Waals surface area contributed by atoms with Crippen LogP contribution >= 0.6 is 15.9 Å². The summed E-state index contributed by atoms with van der Waals surface area (Å²) < 4.78 is 26.0. The van der Waals surface area contributed by atoms with E-state index in [1.54, 1.807) is 0 Å². The molecule has 0 aromatic heterocycles. The van der Waals surface area contributed by atoms with Gasteiger partial charge >= 0.3 is 0 Å². The van der Waals surface area contributed by atoms with Gasteiger partial charge in [-0.3, -0.25) is 0 Å². The van der Waals surface area contributed by atoms with Gasteiger partial charge in [-0.1, -0.05) is 6.07 Å². The number of nitrogens with two attached hydrogens (primary N) is 1. The van der Waals surface area contributed by atoms with Crippen molar-refractivity contribution >= 4 is 15.9 Å². The van der Waals surface area contributed by atoms with Crippen LogP contribution in [0.3, 0.4) is 0 Å². The molecule has 0 aliphatic rings. The quantitative estimate of drug-likeness (QED) is 0.803. The van der Waals surface area contributed by atoms with Crippen LogP contribution in [0.2, 0.25) is 0 Å². The van der Waals surface area contributed by atoms with E-state index in [-0.39, 0.29) is 16.6 Å². The molecule has 14 heavy (non-hydrogen) atoms. The van der Waals surface area contributed by atoms with Crippen molar-refractivity contribution < 1.29 is 13.9 Å². The molecule has 0 bridgehead atoms. The number of benzene rings is 1. The van der Waals surface area contributed by atoms with E-state index in [0.29, 0.717) is 0 Å². The number of hydrogen-bond acceptors (Lipinski definition) is 2. The number of hydrogen-bond donors (Lipinski definition) is 2. The number of rotatable bonds is 2. The average molecular weight is 266 g/mol. The summed E-state index contributed by atoms with van der Waals surface area (Å²) in [5, 5.41) is 9.68. The SMILES string of the molecule is CC(O)(CN)c1ccc(F)c(Br)c1F. The van der Waals surface area contributed by atoms with E-state index in [9.17, 15) is 13.9 Å². The van der Waals surface area contributed by atoms with E-state index in [1.807, 2.05) is 0 Å². The van der Waals surface area contributed by atoms with E-state index in [1.165, 1.54) is 13.0 Å². The molecule has 1 atom stereocenters. The third kappa shape index (κ3) is 1.94. The van der Waals surface area contributed by atoms with Crippen LogP contribution in [0.5, 0.6) is 0 Å². The van der Waals surface area contributed by atoms with Crippen LogP contribution < -0.4 is 5.73 Å². The van der Waals surface area contributed by atoms with Crippen LogP contribution in [0.25, 0.3) is 0 Å². The van der Waals surface area contributed by atoms with Crippen LogP contribution in [0.4, 0.5) is 8.78 Å². The van der Waals surface area contributed by atoms with Crippen molar-refractivity contribution in [3.63, 3.8) is 0 Å². The summed E-state index contributed by atoms with van der Waals surface area (Å²) in [6.45, 7) is 1.23. The Balaban J connectivity index is 3.31. The minimum absolute atomic E-state index is 0.0201. The molecule has 2 nitrogen and oxygen atoms in total. The molecule has 0 aliphatic heterocycles. The summed E-state index contributed by atoms with van der Waals surface area (Å²) >= 11 is 2.75. The molecule has 0 aliphatic carbocycles. The smallest absolute Gasteiger partial charge is 0.146 e. The molecule has 0 saturated heterocycles. The first kappa shape index (κ1) is 11.6. The van der Waals surface area contributed by atoms with Crippen LogP contribution in [-0.4, -0.2) is 11.7 Å². The minimum Gasteiger partial charge on any atom is -0.384 e. The highest BCUT2D eigenvalue weighted by molar-refractivity contribution is 9.10. The third-order valence-corrected chi connectivity index (χ3v) is 2.74. The van der Waals surface area contributed by atoms with E-state index in [4.69, 9.17) is 5.73 Å². The first-order valence-electron chi connectivity index (χ1n) is 3.96. The summed E-state index contributed by atoms with van der Waals surface area (Å²) in [6.07, 6.45) is 0. The van der Waals surface area contributed by atoms with Gasteiger partial charge in [0.1, 0.15) is 17.2 Å². The van der Waals surface area contributed by atoms with Crippen molar-refractivity contribution in [1.82, 2.24) is 0 Å². The molecule has 0 radical (unpaired) electrons. The van der Waals surface area contributed by atoms with Crippen molar-refractivity contribution in [1.29, 1.82) is 0 Å². The van der Waals surface area contributed by atoms with Crippen molar-refractivity contribution in [2.24, 2.45) is 5.73 Å². The highest BCUT2D eigenvalue weighted by atomic mass is 79.9. The van der Waals surface area contributed by atoms with Gasteiger partial charge in [-0.25, -0.2) is 8.78 Å². The lowest BCUT2D eigenvalue weighted by Gasteiger charge is -2.22. The van der Waals surface area contributed by atoms with Gasteiger partial charge in [0, 0.05) is 12.1 Å². The van der Waals surface area contributed by atoms with Gasteiger partial charge in [0.2, 0.25) is 0 Å². The molecule has 5 heteroatoms. The van der Waals surface area contributed by atoms with Crippen molar-refractivity contribution in [3.8, 4) is 0 Å². The highest BCUT2D eigenvalue weighted by Gasteiger charge is 2.26. The van der Waals surface area contributed by atoms with Gasteiger partial charge in [0.15, 0.2) is 0 Å². The van der Waals surface area contributed by atoms with Crippen molar-refractivity contribution in [2.75, 3.05) is 6.54 Å². The molecule has 0 saturated carbocycles. The lowest BCUT2D eigenvalue weighted by Crippen LogP contribution is -2.32. The summed E-state index contributed by atoms with van der Waals surface area (Å²) in [5.41, 5.74) is 3.76. The van der Waals surface area contributed by atoms with Gasteiger partial charge in [-0.2, -0.15) is 0 Å². The molecule has 3 N–H and O–H groups in total. The highest BCUT2D eigenvalue weighted by Crippen LogP contribution is 2.29. The van der Waals surface area contributed by atoms with Crippen LogP contribution in [0.1, 0.15) is 12.5 Å². The molecule has 0 fully saturated rings. The second-order valence-corrected chi connectivity index (χ2v) is 3.99. The standard InChI is InChI=1S/C9H10BrF2NO/c1-9(14,4-13)5-2-3-6(11)7(10)8(5)12/h2-3,14H,4,13H2,1H3. The summed E-state index contributed by atoms with van der Waals surface area (Å²) in [7, 11) is 0. The maximum atomic E-state index is 13.4. The Morgan fingerprint density at radius 1 is 1.50 bits per heavy atom. The first-order valence-corrected chi connectivity index (χ1v) is 4.76. The van der Waals surface area contributed by atoms with Gasteiger partial charge in [-0.05, 0) is 28.9 Å². The van der Waals surface area contributed by atoms with Crippen molar-refractivity contribution in [3.05, 3.63) is 33.8 Å². The van der Waals surface area contributed by atoms with Crippen molar-refractivity contribution in [2.45, 2.75) is 12.5 Å². The predicted molar refractivity (Wildman–Crippen MR) is 52.7 cm³/mol. The van der Waals surface area contributed by atoms with E-state index in [2.05, 4.69) is 15.9 Å². The van der Waals surface area contributed by atoms with Gasteiger partial charge < -0.3 is 10.8 Å². The van der Waals surface area contributed by atoms with Crippen LogP contribution in [0, 0.1) is 11.6 Å². The predicted octanol–water partition coefficient (Wildman–Crippen LogP) is 1.89. The third-order valence-electron chi connectivity index (χ3n) is 2.01. The Kier molecular flexibility index (Phi) is 3.24. The zero-order valence-corrected chi connectivity index (χ0v) is 9.11. The maximum absolute atomic E-state index is 13.4. The normalized spacial score (nSPS) is 15.3. The zero-order chi connectivity index (χ0) is 10.9. The summed E-state index contributed by atoms with van der Waals surface area (Å²) in [6, 6.07) is 2.26. The Morgan fingerprint density at radius 2 is 2.07 bits per heavy atom. The lowest BCUT2D eigenvalue weighted by atomic mass is 9.96. The number of aliphatic hydroxyl groups is 1. The van der Waals surface area contributed by atoms with Crippen LogP contribution in [-0.2, 0) is 5.60 Å². The molecule has 78 valence electrons. The molecule has 0 amide bonds. The second-order valence-electron chi connectivity index (χ2n) is 3.20. The Bertz CT molecular complexity index is 355. The van der Waals surface area contributed by atoms with E-state index < -0.39 is 17.2 Å². The fourth-order valence-electron chi connectivity index (χ4n) is 1.05. The minimum atomic E-state index is -1.49. The van der Waals surface area contributed by atoms with Crippen LogP contribution in [0.15, 0.2) is 16.6 Å². The zero-order valence-electron chi connectivity index (χ0n) is 7.52. The summed E-state index contributed by atoms with van der Waals surface area (Å²) in [4.78, 5) is 0. The molecule has 1 unspecified atom stereocenters. The topological polar surface area (TPSA) is 46.2 Å². The molecule has 1 aromatic rings. The van der Waals surface area contributed by atoms with Gasteiger partial charge in [-0.15, -0.1) is 0 Å². The number of halogens is 3. The summed E-state index contributed by atoms with van der Waals surface area (Å²) in [5.74, 6) is -1.53. The molecule has 0 heterocycles. The maximum Gasteiger partial charge on any atom is 0.146 e. The Morgan fingerprint density at radius 3 is 2.57 bits per heavy atom. The molecular weight excluding hydrogens is 256 g/mol. The second kappa shape index (κ2) is 3.92. The Labute approximate surface area is 88.9 Å².